The number of nitrogens with zero attached hydrogens (tertiary/aromatic N) is 1. The van der Waals surface area contributed by atoms with E-state index in [9.17, 15) is 22.8 Å². The van der Waals surface area contributed by atoms with Crippen LogP contribution in [0.4, 0.5) is 13.2 Å². The highest BCUT2D eigenvalue weighted by Crippen LogP contribution is 2.59. The van der Waals surface area contributed by atoms with Gasteiger partial charge in [0.25, 0.3) is 5.91 Å². The fraction of sp³-hybridized carbons (Fsp3) is 0.464. The van der Waals surface area contributed by atoms with Crippen LogP contribution in [0.5, 0.6) is 0 Å². The molecular formula is C28H32F3N3O3. The number of aromatic nitrogens is 2. The van der Waals surface area contributed by atoms with Gasteiger partial charge in [-0.25, -0.2) is 0 Å². The first-order chi connectivity index (χ1) is 17.7. The van der Waals surface area contributed by atoms with Crippen LogP contribution in [0.1, 0.15) is 73.6 Å². The average molecular weight is 516 g/mol. The molecule has 6 nitrogen and oxygen atoms in total. The zero-order valence-corrected chi connectivity index (χ0v) is 21.2. The molecule has 0 bridgehead atoms. The molecule has 1 spiro atoms. The summed E-state index contributed by atoms with van der Waals surface area (Å²) in [5.74, 6) is -0.443. The third-order valence-corrected chi connectivity index (χ3v) is 7.24. The van der Waals surface area contributed by atoms with E-state index in [0.717, 1.165) is 43.4 Å². The number of nitrogens with one attached hydrogen (secondary N) is 2. The molecule has 37 heavy (non-hydrogen) atoms. The molecule has 1 heterocycles. The number of hydrogen-bond acceptors (Lipinski definition) is 4. The van der Waals surface area contributed by atoms with Gasteiger partial charge in [-0.1, -0.05) is 38.1 Å². The second kappa shape index (κ2) is 10.6. The summed E-state index contributed by atoms with van der Waals surface area (Å²) >= 11 is 0. The van der Waals surface area contributed by atoms with Gasteiger partial charge >= 0.3 is 12.1 Å². The third-order valence-electron chi connectivity index (χ3n) is 7.24. The van der Waals surface area contributed by atoms with Crippen LogP contribution in [-0.2, 0) is 22.1 Å². The number of amides is 1. The molecular weight excluding hydrogens is 483 g/mol. The molecule has 5 rings (SSSR count). The first-order valence-corrected chi connectivity index (χ1v) is 12.8. The maximum absolute atomic E-state index is 13.1. The highest BCUT2D eigenvalue weighted by atomic mass is 19.4. The quantitative estimate of drug-likeness (QED) is 0.392. The molecule has 0 aliphatic heterocycles. The van der Waals surface area contributed by atoms with E-state index in [1.807, 2.05) is 32.0 Å². The number of esters is 1. The van der Waals surface area contributed by atoms with Crippen molar-refractivity contribution in [2.75, 3.05) is 6.61 Å². The van der Waals surface area contributed by atoms with Gasteiger partial charge in [-0.15, -0.1) is 0 Å². The van der Waals surface area contributed by atoms with Gasteiger partial charge in [0.05, 0.1) is 23.6 Å². The fourth-order valence-electron chi connectivity index (χ4n) is 5.58. The Kier molecular flexibility index (Phi) is 7.62. The zero-order chi connectivity index (χ0) is 26.8. The average Bonchev–Trinajstić information content (AvgIpc) is 3.26. The molecule has 2 aromatic carbocycles. The van der Waals surface area contributed by atoms with E-state index in [4.69, 9.17) is 4.74 Å². The third kappa shape index (κ3) is 5.50. The number of aromatic amines is 1. The number of ether oxygens (including phenoxy) is 1. The number of hydrogen-bond donors (Lipinski definition) is 2. The van der Waals surface area contributed by atoms with Gasteiger partial charge in [0, 0.05) is 11.4 Å². The standard InChI is InChI=1S/C26H26F3N3O3.C2H6/c1-2-35-24(34)17-11-25(12-17)13-19(14-25)30-23(33)22-21-16(4-3-5-20(21)31-32-22)10-15-6-8-18(9-7-15)26(27,28)29;1-2/h3-9,17,19H,2,10-14H2,1H3,(H,30,33)(H,31,32);1-2H3. The number of fused-ring (bicyclic) bond motifs is 1. The van der Waals surface area contributed by atoms with E-state index in [-0.39, 0.29) is 34.9 Å². The van der Waals surface area contributed by atoms with Crippen LogP contribution in [0.3, 0.4) is 0 Å². The molecule has 0 atom stereocenters. The molecule has 2 fully saturated rings. The lowest BCUT2D eigenvalue weighted by Gasteiger charge is -2.56. The van der Waals surface area contributed by atoms with Crippen molar-refractivity contribution in [3.63, 3.8) is 0 Å². The predicted molar refractivity (Wildman–Crippen MR) is 134 cm³/mol. The predicted octanol–water partition coefficient (Wildman–Crippen LogP) is 6.05. The second-order valence-electron chi connectivity index (χ2n) is 9.72. The number of benzene rings is 2. The van der Waals surface area contributed by atoms with E-state index >= 15 is 0 Å². The molecule has 0 unspecified atom stereocenters. The van der Waals surface area contributed by atoms with Gasteiger partial charge in [-0.3, -0.25) is 14.7 Å². The molecule has 198 valence electrons. The first-order valence-electron chi connectivity index (χ1n) is 12.8. The summed E-state index contributed by atoms with van der Waals surface area (Å²) in [4.78, 5) is 24.9. The van der Waals surface area contributed by atoms with E-state index in [1.54, 1.807) is 6.92 Å². The van der Waals surface area contributed by atoms with Crippen LogP contribution in [0.15, 0.2) is 42.5 Å². The lowest BCUT2D eigenvalue weighted by molar-refractivity contribution is -0.162. The Morgan fingerprint density at radius 3 is 2.38 bits per heavy atom. The largest absolute Gasteiger partial charge is 0.466 e. The minimum absolute atomic E-state index is 0.0273. The van der Waals surface area contributed by atoms with E-state index < -0.39 is 11.7 Å². The number of H-pyrrole nitrogens is 1. The van der Waals surface area contributed by atoms with Crippen LogP contribution in [0.25, 0.3) is 10.9 Å². The zero-order valence-electron chi connectivity index (χ0n) is 21.2. The van der Waals surface area contributed by atoms with Crippen molar-refractivity contribution in [2.24, 2.45) is 11.3 Å². The van der Waals surface area contributed by atoms with Crippen molar-refractivity contribution in [1.82, 2.24) is 15.5 Å². The van der Waals surface area contributed by atoms with E-state index in [1.165, 1.54) is 12.1 Å². The highest BCUT2D eigenvalue weighted by molar-refractivity contribution is 6.06. The van der Waals surface area contributed by atoms with Gasteiger partial charge in [0.2, 0.25) is 0 Å². The number of carbonyl (C=O) groups is 2. The van der Waals surface area contributed by atoms with Crippen molar-refractivity contribution in [2.45, 2.75) is 65.1 Å². The Balaban J connectivity index is 0.00000156. The smallest absolute Gasteiger partial charge is 0.416 e. The summed E-state index contributed by atoms with van der Waals surface area (Å²) in [6.07, 6.45) is -0.739. The summed E-state index contributed by atoms with van der Waals surface area (Å²) in [5, 5.41) is 10.9. The lowest BCUT2D eigenvalue weighted by Crippen LogP contribution is -2.57. The number of alkyl halides is 3. The summed E-state index contributed by atoms with van der Waals surface area (Å²) < 4.78 is 43.7. The summed E-state index contributed by atoms with van der Waals surface area (Å²) in [5.41, 5.74) is 1.92. The van der Waals surface area contributed by atoms with Gasteiger partial charge in [-0.2, -0.15) is 18.3 Å². The summed E-state index contributed by atoms with van der Waals surface area (Å²) in [6.45, 7) is 6.19. The summed E-state index contributed by atoms with van der Waals surface area (Å²) in [7, 11) is 0. The van der Waals surface area contributed by atoms with Crippen molar-refractivity contribution >= 4 is 22.8 Å². The molecule has 1 amide bonds. The normalized spacial score (nSPS) is 22.4. The Labute approximate surface area is 214 Å². The lowest BCUT2D eigenvalue weighted by atomic mass is 9.50. The fourth-order valence-corrected chi connectivity index (χ4v) is 5.58. The molecule has 3 aromatic rings. The van der Waals surface area contributed by atoms with Crippen LogP contribution in [-0.4, -0.2) is 34.7 Å². The van der Waals surface area contributed by atoms with Gasteiger partial charge < -0.3 is 10.1 Å². The van der Waals surface area contributed by atoms with Crippen molar-refractivity contribution < 1.29 is 27.5 Å². The van der Waals surface area contributed by atoms with Crippen molar-refractivity contribution in [3.05, 3.63) is 64.8 Å². The summed E-state index contributed by atoms with van der Waals surface area (Å²) in [6, 6.07) is 10.6. The SMILES string of the molecule is CC.CCOC(=O)C1CC2(CC(NC(=O)c3n[nH]c4cccc(Cc5ccc(C(F)(F)F)cc5)c34)C2)C1. The van der Waals surface area contributed by atoms with E-state index in [2.05, 4.69) is 15.5 Å². The number of rotatable bonds is 6. The monoisotopic (exact) mass is 515 g/mol. The highest BCUT2D eigenvalue weighted by Gasteiger charge is 2.55. The topological polar surface area (TPSA) is 84.1 Å². The Morgan fingerprint density at radius 1 is 1.08 bits per heavy atom. The first kappa shape index (κ1) is 26.7. The molecule has 9 heteroatoms. The number of halogens is 3. The Hall–Kier alpha value is -3.36. The van der Waals surface area contributed by atoms with Gasteiger partial charge in [-0.05, 0) is 73.8 Å². The van der Waals surface area contributed by atoms with Gasteiger partial charge in [0.1, 0.15) is 0 Å². The van der Waals surface area contributed by atoms with Crippen LogP contribution < -0.4 is 5.32 Å². The molecule has 2 N–H and O–H groups in total. The molecule has 1 aromatic heterocycles. The minimum Gasteiger partial charge on any atom is -0.466 e. The Morgan fingerprint density at radius 2 is 1.76 bits per heavy atom. The molecule has 0 saturated heterocycles. The molecule has 2 aliphatic rings. The van der Waals surface area contributed by atoms with Crippen LogP contribution >= 0.6 is 0 Å². The molecule has 2 saturated carbocycles. The molecule has 2 aliphatic carbocycles. The van der Waals surface area contributed by atoms with Crippen molar-refractivity contribution in [1.29, 1.82) is 0 Å². The van der Waals surface area contributed by atoms with E-state index in [0.29, 0.717) is 29.5 Å². The second-order valence-corrected chi connectivity index (χ2v) is 9.72. The van der Waals surface area contributed by atoms with Crippen LogP contribution in [0, 0.1) is 11.3 Å². The number of carbonyl (C=O) groups excluding carboxylic acids is 2. The molecule has 0 radical (unpaired) electrons. The minimum atomic E-state index is -4.38. The van der Waals surface area contributed by atoms with Crippen molar-refractivity contribution in [3.8, 4) is 0 Å². The maximum Gasteiger partial charge on any atom is 0.416 e. The maximum atomic E-state index is 13.1. The van der Waals surface area contributed by atoms with Crippen LogP contribution in [0.2, 0.25) is 0 Å². The van der Waals surface area contributed by atoms with Gasteiger partial charge in [0.15, 0.2) is 5.69 Å². The Bertz CT molecular complexity index is 1250.